The van der Waals surface area contributed by atoms with E-state index in [0.717, 1.165) is 31.2 Å². The summed E-state index contributed by atoms with van der Waals surface area (Å²) in [5.41, 5.74) is 1.41. The second kappa shape index (κ2) is 10.5. The van der Waals surface area contributed by atoms with Crippen molar-refractivity contribution in [3.63, 3.8) is 0 Å². The highest BCUT2D eigenvalue weighted by Gasteiger charge is 2.20. The lowest BCUT2D eigenvalue weighted by molar-refractivity contribution is 0.184. The zero-order valence-electron chi connectivity index (χ0n) is 13.6. The van der Waals surface area contributed by atoms with E-state index in [1.807, 2.05) is 23.9 Å². The quantitative estimate of drug-likeness (QED) is 0.743. The van der Waals surface area contributed by atoms with Gasteiger partial charge in [0.25, 0.3) is 0 Å². The first-order chi connectivity index (χ1) is 10.7. The molecule has 1 N–H and O–H groups in total. The van der Waals surface area contributed by atoms with Crippen LogP contribution in [0.25, 0.3) is 0 Å². The number of rotatable bonds is 4. The van der Waals surface area contributed by atoms with Crippen LogP contribution in [0.2, 0.25) is 5.02 Å². The van der Waals surface area contributed by atoms with Gasteiger partial charge in [0.1, 0.15) is 0 Å². The lowest BCUT2D eigenvalue weighted by atomic mass is 10.1. The van der Waals surface area contributed by atoms with Crippen LogP contribution in [0.15, 0.2) is 58.3 Å². The summed E-state index contributed by atoms with van der Waals surface area (Å²) in [7, 11) is 0. The Kier molecular flexibility index (Phi) is 9.50. The number of nitrogens with one attached hydrogen (secondary N) is 1. The van der Waals surface area contributed by atoms with Gasteiger partial charge in [0.05, 0.1) is 0 Å². The highest BCUT2D eigenvalue weighted by atomic mass is 35.5. The molecule has 1 heterocycles. The molecule has 3 rings (SSSR count). The minimum Gasteiger partial charge on any atom is -0.314 e. The van der Waals surface area contributed by atoms with E-state index >= 15 is 0 Å². The van der Waals surface area contributed by atoms with Crippen LogP contribution in [0.1, 0.15) is 18.5 Å². The Balaban J connectivity index is 0.00000144. The van der Waals surface area contributed by atoms with Gasteiger partial charge in [0.15, 0.2) is 0 Å². The second-order valence-corrected chi connectivity index (χ2v) is 7.11. The number of hydrogen-bond acceptors (Lipinski definition) is 3. The fourth-order valence-corrected chi connectivity index (χ4v) is 3.97. The summed E-state index contributed by atoms with van der Waals surface area (Å²) in [6.45, 7) is 6.70. The van der Waals surface area contributed by atoms with Crippen molar-refractivity contribution in [2.75, 3.05) is 26.2 Å². The predicted octanol–water partition coefficient (Wildman–Crippen LogP) is 5.30. The molecule has 2 aromatic carbocycles. The van der Waals surface area contributed by atoms with Crippen molar-refractivity contribution in [3.8, 4) is 0 Å². The maximum atomic E-state index is 5.98. The van der Waals surface area contributed by atoms with Crippen LogP contribution >= 0.6 is 48.2 Å². The van der Waals surface area contributed by atoms with E-state index in [-0.39, 0.29) is 24.8 Å². The first-order valence-electron chi connectivity index (χ1n) is 7.71. The third kappa shape index (κ3) is 5.55. The summed E-state index contributed by atoms with van der Waals surface area (Å²) in [6, 6.07) is 17.2. The van der Waals surface area contributed by atoms with Gasteiger partial charge in [-0.3, -0.25) is 4.90 Å². The van der Waals surface area contributed by atoms with E-state index in [9.17, 15) is 0 Å². The molecule has 0 amide bonds. The van der Waals surface area contributed by atoms with Crippen molar-refractivity contribution in [3.05, 3.63) is 59.1 Å². The van der Waals surface area contributed by atoms with E-state index < -0.39 is 0 Å². The maximum absolute atomic E-state index is 5.98. The Morgan fingerprint density at radius 2 is 1.62 bits per heavy atom. The fraction of sp³-hybridized carbons (Fsp3) is 0.333. The molecule has 0 aliphatic carbocycles. The van der Waals surface area contributed by atoms with Gasteiger partial charge in [-0.1, -0.05) is 41.6 Å². The standard InChI is InChI=1S/C18H21ClN2S.2ClH/c1-14(21-12-10-20-11-13-21)17-4-2-3-5-18(17)22-16-8-6-15(19)7-9-16;;/h2-9,14,20H,10-13H2,1H3;2*1H/t14-;;/m0../s1. The van der Waals surface area contributed by atoms with E-state index in [0.29, 0.717) is 6.04 Å². The number of hydrogen-bond donors (Lipinski definition) is 1. The second-order valence-electron chi connectivity index (χ2n) is 5.56. The molecular formula is C18H23Cl3N2S. The summed E-state index contributed by atoms with van der Waals surface area (Å²) < 4.78 is 0. The first-order valence-corrected chi connectivity index (χ1v) is 8.90. The number of benzene rings is 2. The largest absolute Gasteiger partial charge is 0.314 e. The van der Waals surface area contributed by atoms with Gasteiger partial charge >= 0.3 is 0 Å². The molecule has 2 aromatic rings. The van der Waals surface area contributed by atoms with Gasteiger partial charge in [-0.25, -0.2) is 0 Å². The molecule has 0 saturated carbocycles. The molecule has 1 saturated heterocycles. The lowest BCUT2D eigenvalue weighted by Crippen LogP contribution is -2.44. The monoisotopic (exact) mass is 404 g/mol. The summed E-state index contributed by atoms with van der Waals surface area (Å²) in [4.78, 5) is 5.11. The van der Waals surface area contributed by atoms with Crippen molar-refractivity contribution in [1.29, 1.82) is 0 Å². The molecule has 1 atom stereocenters. The third-order valence-electron chi connectivity index (χ3n) is 4.11. The van der Waals surface area contributed by atoms with Crippen molar-refractivity contribution >= 4 is 48.2 Å². The fourth-order valence-electron chi connectivity index (χ4n) is 2.81. The Morgan fingerprint density at radius 1 is 1.00 bits per heavy atom. The lowest BCUT2D eigenvalue weighted by Gasteiger charge is -2.33. The molecule has 1 aliphatic heterocycles. The summed E-state index contributed by atoms with van der Waals surface area (Å²) in [6.07, 6.45) is 0. The molecule has 24 heavy (non-hydrogen) atoms. The molecule has 6 heteroatoms. The van der Waals surface area contributed by atoms with Gasteiger partial charge in [0.2, 0.25) is 0 Å². The van der Waals surface area contributed by atoms with E-state index in [1.54, 1.807) is 0 Å². The Hall–Kier alpha value is -0.420. The summed E-state index contributed by atoms with van der Waals surface area (Å²) >= 11 is 7.79. The highest BCUT2D eigenvalue weighted by Crippen LogP contribution is 2.35. The molecule has 132 valence electrons. The maximum Gasteiger partial charge on any atom is 0.0406 e. The van der Waals surface area contributed by atoms with E-state index in [4.69, 9.17) is 11.6 Å². The average Bonchev–Trinajstić information content (AvgIpc) is 2.58. The van der Waals surface area contributed by atoms with Crippen molar-refractivity contribution in [2.24, 2.45) is 0 Å². The minimum atomic E-state index is 0. The molecule has 0 unspecified atom stereocenters. The molecule has 0 bridgehead atoms. The van der Waals surface area contributed by atoms with Gasteiger partial charge < -0.3 is 5.32 Å². The summed E-state index contributed by atoms with van der Waals surface area (Å²) in [5.74, 6) is 0. The van der Waals surface area contributed by atoms with E-state index in [2.05, 4.69) is 53.5 Å². The van der Waals surface area contributed by atoms with Crippen LogP contribution < -0.4 is 5.32 Å². The molecule has 0 radical (unpaired) electrons. The number of nitrogens with zero attached hydrogens (tertiary/aromatic N) is 1. The smallest absolute Gasteiger partial charge is 0.0406 e. The molecular weight excluding hydrogens is 383 g/mol. The van der Waals surface area contributed by atoms with Crippen LogP contribution in [0, 0.1) is 0 Å². The number of piperazine rings is 1. The average molecular weight is 406 g/mol. The van der Waals surface area contributed by atoms with Gasteiger partial charge in [-0.2, -0.15) is 0 Å². The minimum absolute atomic E-state index is 0. The zero-order chi connectivity index (χ0) is 15.4. The van der Waals surface area contributed by atoms with Crippen molar-refractivity contribution in [1.82, 2.24) is 10.2 Å². The zero-order valence-corrected chi connectivity index (χ0v) is 16.8. The number of halogens is 3. The normalized spacial score (nSPS) is 15.9. The van der Waals surface area contributed by atoms with Crippen molar-refractivity contribution < 1.29 is 0 Å². The molecule has 0 aromatic heterocycles. The first kappa shape index (κ1) is 21.6. The molecule has 1 aliphatic rings. The van der Waals surface area contributed by atoms with Gasteiger partial charge in [0, 0.05) is 47.0 Å². The highest BCUT2D eigenvalue weighted by molar-refractivity contribution is 7.99. The van der Waals surface area contributed by atoms with Crippen molar-refractivity contribution in [2.45, 2.75) is 22.8 Å². The van der Waals surface area contributed by atoms with Crippen LogP contribution in [-0.2, 0) is 0 Å². The van der Waals surface area contributed by atoms with Crippen LogP contribution in [-0.4, -0.2) is 31.1 Å². The SMILES string of the molecule is C[C@@H](c1ccccc1Sc1ccc(Cl)cc1)N1CCNCC1.Cl.Cl. The molecule has 0 spiro atoms. The van der Waals surface area contributed by atoms with Gasteiger partial charge in [-0.15, -0.1) is 24.8 Å². The Morgan fingerprint density at radius 3 is 2.29 bits per heavy atom. The summed E-state index contributed by atoms with van der Waals surface area (Å²) in [5, 5.41) is 4.21. The third-order valence-corrected chi connectivity index (χ3v) is 5.46. The predicted molar refractivity (Wildman–Crippen MR) is 109 cm³/mol. The Labute approximate surface area is 166 Å². The Bertz CT molecular complexity index is 616. The topological polar surface area (TPSA) is 15.3 Å². The van der Waals surface area contributed by atoms with E-state index in [1.165, 1.54) is 15.4 Å². The van der Waals surface area contributed by atoms with Crippen LogP contribution in [0.3, 0.4) is 0 Å². The molecule has 1 fully saturated rings. The molecule has 2 nitrogen and oxygen atoms in total. The van der Waals surface area contributed by atoms with Gasteiger partial charge in [-0.05, 0) is 42.8 Å². The van der Waals surface area contributed by atoms with Crippen LogP contribution in [0.4, 0.5) is 0 Å². The van der Waals surface area contributed by atoms with Crippen LogP contribution in [0.5, 0.6) is 0 Å².